The van der Waals surface area contributed by atoms with Gasteiger partial charge >= 0.3 is 12.1 Å². The topological polar surface area (TPSA) is 161 Å². The summed E-state index contributed by atoms with van der Waals surface area (Å²) in [5, 5.41) is 6.23. The van der Waals surface area contributed by atoms with Crippen molar-refractivity contribution >= 4 is 26.3 Å². The summed E-state index contributed by atoms with van der Waals surface area (Å²) < 4.78 is 101. The first-order valence-corrected chi connectivity index (χ1v) is 26.0. The normalized spacial score (nSPS) is 14.6. The van der Waals surface area contributed by atoms with E-state index in [0.717, 1.165) is 5.56 Å². The van der Waals surface area contributed by atoms with Crippen LogP contribution in [0.3, 0.4) is 0 Å². The van der Waals surface area contributed by atoms with Crippen LogP contribution in [-0.4, -0.2) is 57.4 Å². The van der Waals surface area contributed by atoms with E-state index in [9.17, 15) is 31.5 Å². The van der Waals surface area contributed by atoms with Crippen molar-refractivity contribution in [3.05, 3.63) is 170 Å². The molecule has 5 aromatic carbocycles. The van der Waals surface area contributed by atoms with E-state index < -0.39 is 79.7 Å². The maximum atomic E-state index is 15.2. The first-order valence-electron chi connectivity index (χ1n) is 23.1. The van der Waals surface area contributed by atoms with Gasteiger partial charge in [-0.2, -0.15) is 8.78 Å². The van der Waals surface area contributed by atoms with Gasteiger partial charge in [0.15, 0.2) is 8.32 Å². The highest BCUT2D eigenvalue weighted by molar-refractivity contribution is 6.74. The summed E-state index contributed by atoms with van der Waals surface area (Å²) in [4.78, 5) is 46.6. The second-order valence-electron chi connectivity index (χ2n) is 18.4. The number of rotatable bonds is 22. The van der Waals surface area contributed by atoms with Gasteiger partial charge in [-0.1, -0.05) is 105 Å². The van der Waals surface area contributed by atoms with Gasteiger partial charge in [-0.05, 0) is 89.4 Å². The van der Waals surface area contributed by atoms with Gasteiger partial charge < -0.3 is 33.6 Å². The molecule has 0 bridgehead atoms. The second-order valence-corrected chi connectivity index (χ2v) is 23.3. The van der Waals surface area contributed by atoms with Crippen LogP contribution in [0.2, 0.25) is 18.1 Å². The molecule has 3 atom stereocenters. The van der Waals surface area contributed by atoms with Crippen LogP contribution in [0.5, 0.6) is 17.2 Å². The van der Waals surface area contributed by atoms with Crippen molar-refractivity contribution < 1.29 is 59.7 Å². The smallest absolute Gasteiger partial charge is 0.407 e. The molecule has 5 aromatic rings. The third-order valence-electron chi connectivity index (χ3n) is 12.5. The van der Waals surface area contributed by atoms with Crippen molar-refractivity contribution in [2.45, 2.75) is 95.9 Å². The largest absolute Gasteiger partial charge is 0.489 e. The number of alkyl carbamates (subject to hydrolysis) is 1. The van der Waals surface area contributed by atoms with E-state index in [-0.39, 0.29) is 42.0 Å². The minimum Gasteiger partial charge on any atom is -0.489 e. The summed E-state index contributed by atoms with van der Waals surface area (Å²) in [5.41, 5.74) is 11.7. The third kappa shape index (κ3) is 13.9. The Morgan fingerprint density at radius 3 is 2.03 bits per heavy atom. The Hall–Kier alpha value is -6.95. The lowest BCUT2D eigenvalue weighted by Crippen LogP contribution is -2.41. The summed E-state index contributed by atoms with van der Waals surface area (Å²) in [6, 6.07) is 28.4. The molecule has 0 unspecified atom stereocenters. The number of nitrogens with zero attached hydrogens (tertiary/aromatic N) is 4. The van der Waals surface area contributed by atoms with E-state index in [1.165, 1.54) is 18.2 Å². The van der Waals surface area contributed by atoms with Gasteiger partial charge in [0.2, 0.25) is 40.7 Å². The Labute approximate surface area is 410 Å². The highest BCUT2D eigenvalue weighted by Crippen LogP contribution is 2.48. The molecule has 1 aliphatic heterocycles. The quantitative estimate of drug-likeness (QED) is 0.00685. The summed E-state index contributed by atoms with van der Waals surface area (Å²) >= 11 is 0. The molecule has 0 spiro atoms. The molecule has 376 valence electrons. The monoisotopic (exact) mass is 1000 g/mol. The van der Waals surface area contributed by atoms with Crippen molar-refractivity contribution in [1.82, 2.24) is 10.2 Å². The molecular formula is C52H56F5N5O8Si. The lowest BCUT2D eigenvalue weighted by atomic mass is 9.87. The first kappa shape index (κ1) is 53.4. The molecule has 1 N–H and O–H groups in total. The van der Waals surface area contributed by atoms with Gasteiger partial charge in [-0.25, -0.2) is 18.0 Å². The Morgan fingerprint density at radius 1 is 0.803 bits per heavy atom. The zero-order valence-corrected chi connectivity index (χ0v) is 41.1. The molecule has 0 saturated carbocycles. The van der Waals surface area contributed by atoms with Crippen LogP contribution >= 0.6 is 0 Å². The summed E-state index contributed by atoms with van der Waals surface area (Å²) in [6.07, 6.45) is -1.30. The molecule has 0 aliphatic carbocycles. The predicted molar refractivity (Wildman–Crippen MR) is 256 cm³/mol. The number of unbranched alkanes of at least 4 members (excludes halogenated alkanes) is 1. The standard InChI is InChI=1S/C52H56F5N5O8Si/c1-52(2,3)71(4,5)68-28-13-12-26-62(27-14-25-59-61-58)50(64)42-38-29-36(21-24-40(38)69-48(42)35-19-22-37(23-20-35)66-31-33-15-8-6-9-16-33)39(60-51(65)67-32-34-17-10-7-11-18-34)30-41(63)70-49-46(56)44(54)43(53)45(55)47(49)57/h6-11,15-24,29,39,42,48H,12-14,25-28,30-32H2,1-5H3,(H,60,65)/t39-,42+,48-/m0/s1. The zero-order valence-electron chi connectivity index (χ0n) is 40.1. The molecule has 2 amide bonds. The van der Waals surface area contributed by atoms with Crippen LogP contribution < -0.4 is 19.5 Å². The Bertz CT molecular complexity index is 2660. The van der Waals surface area contributed by atoms with Gasteiger partial charge in [-0.15, -0.1) is 0 Å². The zero-order chi connectivity index (χ0) is 51.3. The summed E-state index contributed by atoms with van der Waals surface area (Å²) in [5.74, 6) is -15.7. The number of carbonyl (C=O) groups excluding carboxylic acids is 3. The number of halogens is 5. The number of carbonyl (C=O) groups is 3. The molecule has 1 aliphatic rings. The SMILES string of the molecule is CC(C)(C)[Si](C)(C)OCCCCN(CCCN=[N+]=[N-])C(=O)[C@@H]1c2cc([C@H](CC(=O)Oc3c(F)c(F)c(F)c(F)c3F)NC(=O)OCc3ccccc3)ccc2O[C@H]1c1ccc(OCc2ccccc2)cc1. The van der Waals surface area contributed by atoms with Gasteiger partial charge in [0.25, 0.3) is 0 Å². The molecule has 0 saturated heterocycles. The van der Waals surface area contributed by atoms with Crippen LogP contribution in [0.4, 0.5) is 26.7 Å². The number of ether oxygens (including phenoxy) is 4. The molecule has 19 heteroatoms. The van der Waals surface area contributed by atoms with Crippen molar-refractivity contribution in [2.24, 2.45) is 5.11 Å². The fourth-order valence-electron chi connectivity index (χ4n) is 7.53. The number of amides is 2. The molecule has 0 fully saturated rings. The average Bonchev–Trinajstić information content (AvgIpc) is 3.74. The van der Waals surface area contributed by atoms with E-state index in [2.05, 4.69) is 49.2 Å². The average molecular weight is 1000 g/mol. The molecular weight excluding hydrogens is 946 g/mol. The van der Waals surface area contributed by atoms with Crippen LogP contribution in [-0.2, 0) is 32.0 Å². The van der Waals surface area contributed by atoms with E-state index >= 15 is 4.79 Å². The van der Waals surface area contributed by atoms with Crippen molar-refractivity contribution in [3.8, 4) is 17.2 Å². The number of benzene rings is 5. The number of azide groups is 1. The van der Waals surface area contributed by atoms with Gasteiger partial charge in [0.05, 0.1) is 12.5 Å². The van der Waals surface area contributed by atoms with Crippen LogP contribution in [0.25, 0.3) is 10.4 Å². The predicted octanol–water partition coefficient (Wildman–Crippen LogP) is 12.5. The lowest BCUT2D eigenvalue weighted by molar-refractivity contribution is -0.136. The van der Waals surface area contributed by atoms with E-state index in [1.54, 1.807) is 59.5 Å². The van der Waals surface area contributed by atoms with Crippen molar-refractivity contribution in [2.75, 3.05) is 26.2 Å². The number of fused-ring (bicyclic) bond motifs is 1. The van der Waals surface area contributed by atoms with Gasteiger partial charge in [-0.3, -0.25) is 9.59 Å². The molecule has 0 aromatic heterocycles. The lowest BCUT2D eigenvalue weighted by Gasteiger charge is -2.36. The van der Waals surface area contributed by atoms with Crippen molar-refractivity contribution in [1.29, 1.82) is 0 Å². The molecule has 0 radical (unpaired) electrons. The van der Waals surface area contributed by atoms with E-state index in [0.29, 0.717) is 61.5 Å². The van der Waals surface area contributed by atoms with Crippen LogP contribution in [0.15, 0.2) is 108 Å². The van der Waals surface area contributed by atoms with Crippen LogP contribution in [0.1, 0.15) is 92.3 Å². The minimum absolute atomic E-state index is 0.000782. The highest BCUT2D eigenvalue weighted by atomic mass is 28.4. The van der Waals surface area contributed by atoms with Crippen molar-refractivity contribution in [3.63, 3.8) is 0 Å². The fourth-order valence-corrected chi connectivity index (χ4v) is 8.62. The second kappa shape index (κ2) is 24.2. The first-order chi connectivity index (χ1) is 33.9. The summed E-state index contributed by atoms with van der Waals surface area (Å²) in [6.45, 7) is 12.0. The van der Waals surface area contributed by atoms with E-state index in [4.69, 9.17) is 28.9 Å². The molecule has 1 heterocycles. The maximum Gasteiger partial charge on any atom is 0.407 e. The number of nitrogens with one attached hydrogen (secondary N) is 1. The minimum atomic E-state index is -2.44. The Balaban J connectivity index is 1.34. The van der Waals surface area contributed by atoms with E-state index in [1.807, 2.05) is 30.3 Å². The molecule has 71 heavy (non-hydrogen) atoms. The third-order valence-corrected chi connectivity index (χ3v) is 17.0. The number of esters is 1. The Kier molecular flexibility index (Phi) is 18.2. The van der Waals surface area contributed by atoms with Gasteiger partial charge in [0.1, 0.15) is 36.7 Å². The molecule has 6 rings (SSSR count). The van der Waals surface area contributed by atoms with Gasteiger partial charge in [0, 0.05) is 36.7 Å². The molecule has 13 nitrogen and oxygen atoms in total. The Morgan fingerprint density at radius 2 is 1.41 bits per heavy atom. The fraction of sp³-hybridized carbons (Fsp3) is 0.365. The number of hydrogen-bond donors (Lipinski definition) is 1. The number of hydrogen-bond acceptors (Lipinski definition) is 9. The highest BCUT2D eigenvalue weighted by Gasteiger charge is 2.43. The summed E-state index contributed by atoms with van der Waals surface area (Å²) in [7, 11) is -2.05. The maximum absolute atomic E-state index is 15.2. The van der Waals surface area contributed by atoms with Crippen LogP contribution in [0, 0.1) is 29.1 Å².